The van der Waals surface area contributed by atoms with Crippen LogP contribution in [0.15, 0.2) is 22.6 Å². The first-order valence-electron chi connectivity index (χ1n) is 11.5. The van der Waals surface area contributed by atoms with Crippen molar-refractivity contribution in [2.45, 2.75) is 81.1 Å². The van der Waals surface area contributed by atoms with Gasteiger partial charge in [0.1, 0.15) is 17.5 Å². The van der Waals surface area contributed by atoms with Crippen molar-refractivity contribution in [1.82, 2.24) is 10.2 Å². The number of aliphatic hydroxyl groups is 1. The Morgan fingerprint density at radius 2 is 1.85 bits per heavy atom. The minimum atomic E-state index is -4.63. The maximum Gasteiger partial charge on any atom is 0.522 e. The molecule has 1 aromatic carbocycles. The summed E-state index contributed by atoms with van der Waals surface area (Å²) in [5.74, 6) is 1.15. The van der Waals surface area contributed by atoms with E-state index in [4.69, 9.17) is 25.5 Å². The number of benzene rings is 1. The van der Waals surface area contributed by atoms with Crippen LogP contribution in [0, 0.1) is 5.41 Å². The van der Waals surface area contributed by atoms with Gasteiger partial charge in [-0.1, -0.05) is 11.6 Å². The summed E-state index contributed by atoms with van der Waals surface area (Å²) in [4.78, 5) is 0. The number of rotatable bonds is 4. The van der Waals surface area contributed by atoms with Gasteiger partial charge in [-0.2, -0.15) is 0 Å². The standard InChI is InChI=1S/C23H24ClF3N2O5/c24-13-1-2-17-15(9-13)16(30)10-18(32-17)21-3-5-22(6-4-21,31-11-21)20-29-28-19(33-20)12-7-14(8-12)34-23(25,26)27/h1-2,9,12,14,16,18,30H,3-8,10-11H2. The van der Waals surface area contributed by atoms with Gasteiger partial charge in [0.25, 0.3) is 0 Å². The van der Waals surface area contributed by atoms with Gasteiger partial charge in [0.15, 0.2) is 0 Å². The molecule has 2 saturated carbocycles. The van der Waals surface area contributed by atoms with Crippen molar-refractivity contribution < 1.29 is 36.9 Å². The van der Waals surface area contributed by atoms with E-state index < -0.39 is 24.2 Å². The molecule has 2 atom stereocenters. The minimum absolute atomic E-state index is 0.187. The van der Waals surface area contributed by atoms with E-state index in [1.807, 2.05) is 0 Å². The molecule has 2 saturated heterocycles. The fourth-order valence-corrected chi connectivity index (χ4v) is 6.02. The molecule has 4 fully saturated rings. The van der Waals surface area contributed by atoms with Crippen LogP contribution in [0.25, 0.3) is 0 Å². The molecule has 0 radical (unpaired) electrons. The Bertz CT molecular complexity index is 1060. The third-order valence-corrected chi connectivity index (χ3v) is 8.22. The number of alkyl halides is 3. The molecule has 1 aromatic heterocycles. The average molecular weight is 501 g/mol. The van der Waals surface area contributed by atoms with Gasteiger partial charge in [-0.3, -0.25) is 4.74 Å². The molecular weight excluding hydrogens is 477 g/mol. The van der Waals surface area contributed by atoms with Crippen LogP contribution < -0.4 is 4.74 Å². The molecule has 5 aliphatic rings. The monoisotopic (exact) mass is 500 g/mol. The molecule has 11 heteroatoms. The molecule has 7 nitrogen and oxygen atoms in total. The molecule has 2 bridgehead atoms. The summed E-state index contributed by atoms with van der Waals surface area (Å²) in [6.07, 6.45) is -2.50. The Kier molecular flexibility index (Phi) is 5.19. The molecule has 4 heterocycles. The highest BCUT2D eigenvalue weighted by atomic mass is 35.5. The SMILES string of the molecule is OC1CC(C23CCC(c4nnc(C5CC(OC(F)(F)F)C5)o4)(CC2)OC3)Oc2ccc(Cl)cc21. The highest BCUT2D eigenvalue weighted by Gasteiger charge is 2.58. The van der Waals surface area contributed by atoms with Crippen molar-refractivity contribution in [2.24, 2.45) is 5.41 Å². The van der Waals surface area contributed by atoms with Crippen LogP contribution in [-0.4, -0.2) is 40.5 Å². The van der Waals surface area contributed by atoms with E-state index in [-0.39, 0.29) is 30.3 Å². The maximum absolute atomic E-state index is 12.4. The predicted octanol–water partition coefficient (Wildman–Crippen LogP) is 5.18. The first-order chi connectivity index (χ1) is 16.1. The Balaban J connectivity index is 1.12. The minimum Gasteiger partial charge on any atom is -0.489 e. The second-order valence-corrected chi connectivity index (χ2v) is 10.4. The zero-order valence-electron chi connectivity index (χ0n) is 18.2. The average Bonchev–Trinajstić information content (AvgIpc) is 3.27. The van der Waals surface area contributed by atoms with Gasteiger partial charge in [0, 0.05) is 28.3 Å². The van der Waals surface area contributed by atoms with Gasteiger partial charge >= 0.3 is 6.36 Å². The lowest BCUT2D eigenvalue weighted by Gasteiger charge is -2.55. The first-order valence-corrected chi connectivity index (χ1v) is 11.9. The van der Waals surface area contributed by atoms with Gasteiger partial charge in [0.05, 0.1) is 18.8 Å². The van der Waals surface area contributed by atoms with Crippen molar-refractivity contribution in [3.63, 3.8) is 0 Å². The Labute approximate surface area is 198 Å². The number of fused-ring (bicyclic) bond motifs is 4. The fraction of sp³-hybridized carbons (Fsp3) is 0.652. The number of aliphatic hydroxyl groups excluding tert-OH is 1. The van der Waals surface area contributed by atoms with Gasteiger partial charge in [-0.05, 0) is 56.7 Å². The number of ether oxygens (including phenoxy) is 3. The third kappa shape index (κ3) is 3.79. The van der Waals surface area contributed by atoms with E-state index in [1.54, 1.807) is 18.2 Å². The maximum atomic E-state index is 12.4. The number of hydrogen-bond acceptors (Lipinski definition) is 7. The van der Waals surface area contributed by atoms with Gasteiger partial charge in [0.2, 0.25) is 11.8 Å². The lowest BCUT2D eigenvalue weighted by atomic mass is 9.62. The van der Waals surface area contributed by atoms with Gasteiger partial charge < -0.3 is 19.0 Å². The van der Waals surface area contributed by atoms with Crippen molar-refractivity contribution in [3.05, 3.63) is 40.6 Å². The molecule has 34 heavy (non-hydrogen) atoms. The van der Waals surface area contributed by atoms with Crippen LogP contribution in [0.5, 0.6) is 5.75 Å². The van der Waals surface area contributed by atoms with Gasteiger partial charge in [-0.25, -0.2) is 0 Å². The largest absolute Gasteiger partial charge is 0.522 e. The normalized spacial score (nSPS) is 37.1. The fourth-order valence-electron chi connectivity index (χ4n) is 5.84. The third-order valence-electron chi connectivity index (χ3n) is 7.98. The Morgan fingerprint density at radius 3 is 2.53 bits per heavy atom. The second-order valence-electron chi connectivity index (χ2n) is 9.98. The zero-order chi connectivity index (χ0) is 23.7. The summed E-state index contributed by atoms with van der Waals surface area (Å²) in [5.41, 5.74) is -0.199. The summed E-state index contributed by atoms with van der Waals surface area (Å²) in [5, 5.41) is 19.6. The summed E-state index contributed by atoms with van der Waals surface area (Å²) in [6.45, 7) is 0.440. The highest BCUT2D eigenvalue weighted by Crippen LogP contribution is 2.57. The molecule has 2 aromatic rings. The first kappa shape index (κ1) is 22.6. The van der Waals surface area contributed by atoms with Crippen LogP contribution in [0.4, 0.5) is 13.2 Å². The van der Waals surface area contributed by atoms with E-state index in [9.17, 15) is 18.3 Å². The lowest BCUT2D eigenvalue weighted by Crippen LogP contribution is -2.56. The summed E-state index contributed by atoms with van der Waals surface area (Å²) in [6, 6.07) is 5.29. The number of hydrogen-bond donors (Lipinski definition) is 1. The molecule has 2 unspecified atom stereocenters. The molecule has 2 aliphatic carbocycles. The van der Waals surface area contributed by atoms with Crippen molar-refractivity contribution in [2.75, 3.05) is 6.61 Å². The van der Waals surface area contributed by atoms with E-state index >= 15 is 0 Å². The van der Waals surface area contributed by atoms with Crippen LogP contribution in [-0.2, 0) is 15.1 Å². The van der Waals surface area contributed by atoms with E-state index in [2.05, 4.69) is 14.9 Å². The lowest BCUT2D eigenvalue weighted by molar-refractivity contribution is -0.352. The molecular formula is C23H24ClF3N2O5. The Morgan fingerprint density at radius 1 is 1.09 bits per heavy atom. The van der Waals surface area contributed by atoms with Crippen LogP contribution >= 0.6 is 11.6 Å². The molecule has 3 aliphatic heterocycles. The molecule has 7 rings (SSSR count). The molecule has 1 N–H and O–H groups in total. The zero-order valence-corrected chi connectivity index (χ0v) is 18.9. The number of halogens is 4. The summed E-state index contributed by atoms with van der Waals surface area (Å²) in [7, 11) is 0. The topological polar surface area (TPSA) is 86.8 Å². The van der Waals surface area contributed by atoms with Crippen molar-refractivity contribution in [3.8, 4) is 5.75 Å². The molecule has 0 amide bonds. The second kappa shape index (κ2) is 7.81. The number of aromatic nitrogens is 2. The summed E-state index contributed by atoms with van der Waals surface area (Å²) < 4.78 is 59.7. The van der Waals surface area contributed by atoms with E-state index in [1.165, 1.54) is 0 Å². The van der Waals surface area contributed by atoms with Crippen molar-refractivity contribution >= 4 is 11.6 Å². The van der Waals surface area contributed by atoms with Gasteiger partial charge in [-0.15, -0.1) is 23.4 Å². The predicted molar refractivity (Wildman–Crippen MR) is 111 cm³/mol. The van der Waals surface area contributed by atoms with Crippen molar-refractivity contribution in [1.29, 1.82) is 0 Å². The molecule has 0 spiro atoms. The van der Waals surface area contributed by atoms with Crippen LogP contribution in [0.2, 0.25) is 5.02 Å². The Hall–Kier alpha value is -1.88. The number of nitrogens with zero attached hydrogens (tertiary/aromatic N) is 2. The molecule has 184 valence electrons. The van der Waals surface area contributed by atoms with E-state index in [0.717, 1.165) is 12.8 Å². The van der Waals surface area contributed by atoms with E-state index in [0.29, 0.717) is 54.0 Å². The smallest absolute Gasteiger partial charge is 0.489 e. The quantitative estimate of drug-likeness (QED) is 0.619. The highest BCUT2D eigenvalue weighted by molar-refractivity contribution is 6.30. The summed E-state index contributed by atoms with van der Waals surface area (Å²) >= 11 is 6.07. The van der Waals surface area contributed by atoms with Crippen LogP contribution in [0.3, 0.4) is 0 Å². The van der Waals surface area contributed by atoms with Crippen LogP contribution in [0.1, 0.15) is 74.3 Å².